The van der Waals surface area contributed by atoms with Crippen LogP contribution in [0.4, 0.5) is 13.9 Å². The molecule has 6 heteroatoms. The second-order valence-electron chi connectivity index (χ2n) is 1.06. The normalized spacial score (nSPS) is 19.3. The van der Waals surface area contributed by atoms with Crippen molar-refractivity contribution in [2.45, 2.75) is 0 Å². The summed E-state index contributed by atoms with van der Waals surface area (Å²) < 4.78 is 42.2. The maximum absolute atomic E-state index is 10.6. The molecule has 0 bridgehead atoms. The van der Waals surface area contributed by atoms with Crippen LogP contribution in [0, 0.1) is 0 Å². The Morgan fingerprint density at radius 1 is 1.00 bits per heavy atom. The van der Waals surface area contributed by atoms with Crippen LogP contribution in [-0.2, 0) is 0 Å². The van der Waals surface area contributed by atoms with E-state index in [0.29, 0.717) is 0 Å². The third-order valence-electron chi connectivity index (χ3n) is 0. The molecule has 0 fully saturated rings. The Labute approximate surface area is 41.9 Å². The molecule has 6 heavy (non-hydrogen) atoms. The molecule has 0 spiro atoms. The van der Waals surface area contributed by atoms with Crippen LogP contribution in [0.1, 0.15) is 0 Å². The molecule has 0 aromatic heterocycles. The second-order valence-corrected chi connectivity index (χ2v) is 5.51. The van der Waals surface area contributed by atoms with E-state index in [1.54, 1.807) is 0 Å². The number of rotatable bonds is 0. The SMILES string of the molecule is [Li][As](F)(F)(F)F. The standard InChI is InChI=1S/AsF4.Li/c2-1(3,4)5;/q+1;-1. The van der Waals surface area contributed by atoms with Crippen molar-refractivity contribution in [3.63, 3.8) is 0 Å². The average Bonchev–Trinajstić information content (AvgIpc) is 0.650. The molecule has 0 heterocycles. The van der Waals surface area contributed by atoms with Crippen LogP contribution in [-0.4, -0.2) is 27.7 Å². The number of hydrogen-bond acceptors (Lipinski definition) is 0. The Balaban J connectivity index is 3.73. The quantitative estimate of drug-likeness (QED) is 0.363. The predicted molar refractivity (Wildman–Crippen MR) is 15.9 cm³/mol. The van der Waals surface area contributed by atoms with Gasteiger partial charge in [0, 0.05) is 0 Å². The summed E-state index contributed by atoms with van der Waals surface area (Å²) in [5, 5.41) is 0. The molecule has 0 aliphatic rings. The number of hydrogen-bond donors (Lipinski definition) is 0. The van der Waals surface area contributed by atoms with Crippen LogP contribution in [0.25, 0.3) is 0 Å². The monoisotopic (exact) mass is 158 g/mol. The molecule has 0 aliphatic carbocycles. The minimum atomic E-state index is -7.49. The van der Waals surface area contributed by atoms with Crippen molar-refractivity contribution in [1.29, 1.82) is 0 Å². The molecule has 0 saturated carbocycles. The zero-order valence-corrected chi connectivity index (χ0v) is 4.84. The van der Waals surface area contributed by atoms with Crippen LogP contribution in [0.5, 0.6) is 0 Å². The fraction of sp³-hybridized carbons (Fsp3) is 0. The van der Waals surface area contributed by atoms with Crippen LogP contribution in [0.15, 0.2) is 0 Å². The predicted octanol–water partition coefficient (Wildman–Crippen LogP) is 0.919. The summed E-state index contributed by atoms with van der Waals surface area (Å²) in [6.07, 6.45) is 0. The molecule has 0 nitrogen and oxygen atoms in total. The van der Waals surface area contributed by atoms with Gasteiger partial charge in [-0.25, -0.2) is 0 Å². The van der Waals surface area contributed by atoms with Crippen molar-refractivity contribution >= 4 is 27.7 Å². The Bertz CT molecular complexity index is 40.7. The Hall–Kier alpha value is 0.876. The topological polar surface area (TPSA) is 0 Å². The molecule has 0 atom stereocenters. The van der Waals surface area contributed by atoms with Gasteiger partial charge < -0.3 is 0 Å². The van der Waals surface area contributed by atoms with Crippen molar-refractivity contribution < 1.29 is 13.9 Å². The Kier molecular flexibility index (Phi) is 1.35. The fourth-order valence-corrected chi connectivity index (χ4v) is 0. The average molecular weight is 158 g/mol. The summed E-state index contributed by atoms with van der Waals surface area (Å²) in [4.78, 5) is 0. The Morgan fingerprint density at radius 2 is 1.00 bits per heavy atom. The first-order valence-electron chi connectivity index (χ1n) is 1.12. The first-order chi connectivity index (χ1) is 2.24. The van der Waals surface area contributed by atoms with Crippen molar-refractivity contribution in [2.24, 2.45) is 0 Å². The van der Waals surface area contributed by atoms with E-state index in [1.807, 2.05) is 0 Å². The van der Waals surface area contributed by atoms with E-state index >= 15 is 0 Å². The van der Waals surface area contributed by atoms with Gasteiger partial charge in [-0.2, -0.15) is 0 Å². The van der Waals surface area contributed by atoms with E-state index in [2.05, 4.69) is 0 Å². The van der Waals surface area contributed by atoms with Crippen molar-refractivity contribution in [2.75, 3.05) is 0 Å². The maximum atomic E-state index is 10.6. The van der Waals surface area contributed by atoms with Gasteiger partial charge in [0.2, 0.25) is 0 Å². The number of halogens is 4. The second kappa shape index (κ2) is 1.18. The van der Waals surface area contributed by atoms with E-state index in [1.165, 1.54) is 0 Å². The third-order valence-corrected chi connectivity index (χ3v) is 0. The molecule has 0 aliphatic heterocycles. The molecule has 0 aromatic carbocycles. The van der Waals surface area contributed by atoms with Crippen LogP contribution < -0.4 is 0 Å². The van der Waals surface area contributed by atoms with Crippen LogP contribution in [0.2, 0.25) is 0 Å². The van der Waals surface area contributed by atoms with Gasteiger partial charge in [-0.05, 0) is 0 Å². The van der Waals surface area contributed by atoms with Gasteiger partial charge in [0.1, 0.15) is 0 Å². The third kappa shape index (κ3) is 95.5. The molecule has 34 valence electrons. The molecule has 0 amide bonds. The van der Waals surface area contributed by atoms with E-state index in [4.69, 9.17) is 0 Å². The Morgan fingerprint density at radius 3 is 1.00 bits per heavy atom. The van der Waals surface area contributed by atoms with Gasteiger partial charge in [0.05, 0.1) is 0 Å². The fourth-order valence-electron chi connectivity index (χ4n) is 0. The van der Waals surface area contributed by atoms with Crippen molar-refractivity contribution in [1.82, 2.24) is 0 Å². The summed E-state index contributed by atoms with van der Waals surface area (Å²) in [7, 11) is 0. The zero-order chi connectivity index (χ0) is 5.45. The van der Waals surface area contributed by atoms with Gasteiger partial charge in [-0.15, -0.1) is 0 Å². The van der Waals surface area contributed by atoms with E-state index in [0.717, 1.165) is 0 Å². The van der Waals surface area contributed by atoms with Gasteiger partial charge in [0.25, 0.3) is 0 Å². The molecule has 0 aromatic rings. The summed E-state index contributed by atoms with van der Waals surface area (Å²) in [5.74, 6) is 0. The van der Waals surface area contributed by atoms with Crippen molar-refractivity contribution in [3.8, 4) is 0 Å². The molecule has 0 radical (unpaired) electrons. The molecule has 0 saturated heterocycles. The van der Waals surface area contributed by atoms with Crippen LogP contribution >= 0.6 is 0 Å². The van der Waals surface area contributed by atoms with Gasteiger partial charge in [-0.1, -0.05) is 0 Å². The van der Waals surface area contributed by atoms with Crippen LogP contribution in [0.3, 0.4) is 0 Å². The summed E-state index contributed by atoms with van der Waals surface area (Å²) in [5.41, 5.74) is 0. The van der Waals surface area contributed by atoms with E-state index in [9.17, 15) is 13.9 Å². The summed E-state index contributed by atoms with van der Waals surface area (Å²) in [6.45, 7) is 0. The molecule has 0 rings (SSSR count). The zero-order valence-electron chi connectivity index (χ0n) is 2.96. The van der Waals surface area contributed by atoms with Crippen molar-refractivity contribution in [3.05, 3.63) is 0 Å². The van der Waals surface area contributed by atoms with Gasteiger partial charge in [0.15, 0.2) is 0 Å². The van der Waals surface area contributed by atoms with Gasteiger partial charge >= 0.3 is 41.5 Å². The summed E-state index contributed by atoms with van der Waals surface area (Å²) >= 11 is -7.77. The first kappa shape index (κ1) is 6.88. The van der Waals surface area contributed by atoms with Gasteiger partial charge in [-0.3, -0.25) is 0 Å². The molecular formula is AsF4Li. The van der Waals surface area contributed by atoms with E-state index < -0.39 is 12.1 Å². The first-order valence-corrected chi connectivity index (χ1v) is 5.84. The minimum absolute atomic E-state index is 0.279. The van der Waals surface area contributed by atoms with E-state index in [-0.39, 0.29) is 15.6 Å². The molecular weight excluding hydrogens is 158 g/mol. The molecule has 0 N–H and O–H groups in total. The summed E-state index contributed by atoms with van der Waals surface area (Å²) in [6, 6.07) is 0. The molecule has 0 unspecified atom stereocenters.